The molecule has 1 saturated heterocycles. The molecule has 1 aromatic rings. The Bertz CT molecular complexity index is 522. The highest BCUT2D eigenvalue weighted by Crippen LogP contribution is 2.45. The minimum Gasteiger partial charge on any atom is -0.379 e. The van der Waals surface area contributed by atoms with E-state index in [-0.39, 0.29) is 5.54 Å². The molecule has 3 rings (SSSR count). The Balaban J connectivity index is 1.90. The number of hydrogen-bond acceptors (Lipinski definition) is 3. The monoisotopic (exact) mass is 369 g/mol. The first-order valence-corrected chi connectivity index (χ1v) is 9.22. The summed E-state index contributed by atoms with van der Waals surface area (Å²) in [6, 6.07) is 0. The lowest BCUT2D eigenvalue weighted by molar-refractivity contribution is -0.0665. The number of ether oxygens (including phenoxy) is 1. The minimum absolute atomic E-state index is 0.224. The van der Waals surface area contributed by atoms with Crippen LogP contribution >= 0.6 is 15.9 Å². The van der Waals surface area contributed by atoms with Crippen LogP contribution in [0.4, 0.5) is 0 Å². The van der Waals surface area contributed by atoms with Gasteiger partial charge in [0.15, 0.2) is 0 Å². The van der Waals surface area contributed by atoms with Gasteiger partial charge in [-0.05, 0) is 47.5 Å². The van der Waals surface area contributed by atoms with E-state index in [0.717, 1.165) is 37.3 Å². The molecule has 0 aromatic carbocycles. The van der Waals surface area contributed by atoms with Gasteiger partial charge in [0, 0.05) is 24.3 Å². The van der Waals surface area contributed by atoms with E-state index >= 15 is 0 Å². The molecule has 2 fully saturated rings. The van der Waals surface area contributed by atoms with Crippen molar-refractivity contribution in [3.05, 3.63) is 16.4 Å². The molecular weight excluding hydrogens is 342 g/mol. The molecule has 1 unspecified atom stereocenters. The molecule has 0 spiro atoms. The van der Waals surface area contributed by atoms with E-state index in [9.17, 15) is 0 Å². The number of morpholine rings is 1. The average molecular weight is 370 g/mol. The normalized spacial score (nSPS) is 29.6. The lowest BCUT2D eigenvalue weighted by Crippen LogP contribution is -2.59. The van der Waals surface area contributed by atoms with Crippen molar-refractivity contribution in [3.8, 4) is 0 Å². The first kappa shape index (κ1) is 16.5. The topological polar surface area (TPSA) is 30.3 Å². The van der Waals surface area contributed by atoms with Gasteiger partial charge in [0.2, 0.25) is 0 Å². The summed E-state index contributed by atoms with van der Waals surface area (Å²) in [4.78, 5) is 2.69. The molecule has 4 nitrogen and oxygen atoms in total. The second-order valence-corrected chi connectivity index (χ2v) is 8.61. The summed E-state index contributed by atoms with van der Waals surface area (Å²) in [6.45, 7) is 11.8. The van der Waals surface area contributed by atoms with Gasteiger partial charge < -0.3 is 4.74 Å². The Kier molecular flexibility index (Phi) is 4.68. The quantitative estimate of drug-likeness (QED) is 0.814. The highest BCUT2D eigenvalue weighted by Gasteiger charge is 2.45. The summed E-state index contributed by atoms with van der Waals surface area (Å²) in [6.07, 6.45) is 7.09. The lowest BCUT2D eigenvalue weighted by atomic mass is 9.67. The van der Waals surface area contributed by atoms with Crippen molar-refractivity contribution >= 4 is 15.9 Å². The fourth-order valence-corrected chi connectivity index (χ4v) is 4.66. The van der Waals surface area contributed by atoms with Gasteiger partial charge in [0.05, 0.1) is 30.4 Å². The largest absolute Gasteiger partial charge is 0.379 e. The molecule has 1 atom stereocenters. The van der Waals surface area contributed by atoms with E-state index in [2.05, 4.69) is 51.4 Å². The van der Waals surface area contributed by atoms with E-state index in [0.29, 0.717) is 5.41 Å². The summed E-state index contributed by atoms with van der Waals surface area (Å²) in [5, 5.41) is 4.61. The standard InChI is InChI=1S/C17H28BrN3O/c1-14-15(18)11-19-21(14)13-17(20-7-9-22-10-8-20)6-4-5-16(2,3)12-17/h11H,4-10,12-13H2,1-3H3. The van der Waals surface area contributed by atoms with Crippen molar-refractivity contribution in [2.75, 3.05) is 26.3 Å². The van der Waals surface area contributed by atoms with Gasteiger partial charge in [-0.3, -0.25) is 9.58 Å². The van der Waals surface area contributed by atoms with Crippen LogP contribution in [0.25, 0.3) is 0 Å². The zero-order chi connectivity index (χ0) is 15.8. The highest BCUT2D eigenvalue weighted by molar-refractivity contribution is 9.10. The molecule has 2 aliphatic rings. The summed E-state index contributed by atoms with van der Waals surface area (Å²) in [5.74, 6) is 0. The third kappa shape index (κ3) is 3.26. The number of hydrogen-bond donors (Lipinski definition) is 0. The summed E-state index contributed by atoms with van der Waals surface area (Å²) >= 11 is 3.60. The summed E-state index contributed by atoms with van der Waals surface area (Å²) in [7, 11) is 0. The van der Waals surface area contributed by atoms with Gasteiger partial charge in [-0.15, -0.1) is 0 Å². The molecule has 0 radical (unpaired) electrons. The van der Waals surface area contributed by atoms with Crippen LogP contribution in [0.3, 0.4) is 0 Å². The minimum atomic E-state index is 0.224. The van der Waals surface area contributed by atoms with Gasteiger partial charge in [0.1, 0.15) is 0 Å². The molecule has 1 saturated carbocycles. The number of halogens is 1. The van der Waals surface area contributed by atoms with Crippen LogP contribution in [0.15, 0.2) is 10.7 Å². The molecule has 1 aliphatic carbocycles. The third-order valence-electron chi connectivity index (χ3n) is 5.47. The molecular formula is C17H28BrN3O. The highest BCUT2D eigenvalue weighted by atomic mass is 79.9. The van der Waals surface area contributed by atoms with Crippen molar-refractivity contribution < 1.29 is 4.74 Å². The van der Waals surface area contributed by atoms with Crippen molar-refractivity contribution in [1.82, 2.24) is 14.7 Å². The van der Waals surface area contributed by atoms with Gasteiger partial charge in [-0.1, -0.05) is 20.3 Å². The van der Waals surface area contributed by atoms with Crippen molar-refractivity contribution in [3.63, 3.8) is 0 Å². The Labute approximate surface area is 142 Å². The van der Waals surface area contributed by atoms with Crippen molar-refractivity contribution in [2.24, 2.45) is 5.41 Å². The average Bonchev–Trinajstić information content (AvgIpc) is 2.79. The summed E-state index contributed by atoms with van der Waals surface area (Å²) < 4.78 is 8.90. The van der Waals surface area contributed by atoms with Gasteiger partial charge in [-0.2, -0.15) is 5.10 Å². The molecule has 0 N–H and O–H groups in total. The van der Waals surface area contributed by atoms with E-state index in [4.69, 9.17) is 4.74 Å². The Morgan fingerprint density at radius 2 is 2.00 bits per heavy atom. The second-order valence-electron chi connectivity index (χ2n) is 7.75. The number of nitrogens with zero attached hydrogens (tertiary/aromatic N) is 3. The van der Waals surface area contributed by atoms with Crippen molar-refractivity contribution in [1.29, 1.82) is 0 Å². The fraction of sp³-hybridized carbons (Fsp3) is 0.824. The van der Waals surface area contributed by atoms with Crippen LogP contribution in [0, 0.1) is 12.3 Å². The maximum Gasteiger partial charge on any atom is 0.0635 e. The molecule has 5 heteroatoms. The second kappa shape index (κ2) is 6.25. The Morgan fingerprint density at radius 1 is 1.27 bits per heavy atom. The molecule has 124 valence electrons. The third-order valence-corrected chi connectivity index (χ3v) is 6.25. The number of rotatable bonds is 3. The molecule has 22 heavy (non-hydrogen) atoms. The smallest absolute Gasteiger partial charge is 0.0635 e. The van der Waals surface area contributed by atoms with Gasteiger partial charge in [-0.25, -0.2) is 0 Å². The van der Waals surface area contributed by atoms with Crippen molar-refractivity contribution in [2.45, 2.75) is 58.5 Å². The van der Waals surface area contributed by atoms with E-state index < -0.39 is 0 Å². The van der Waals surface area contributed by atoms with Crippen LogP contribution in [-0.2, 0) is 11.3 Å². The molecule has 0 bridgehead atoms. The fourth-order valence-electron chi connectivity index (χ4n) is 4.37. The van der Waals surface area contributed by atoms with E-state index in [1.165, 1.54) is 31.4 Å². The van der Waals surface area contributed by atoms with Crippen LogP contribution in [0.5, 0.6) is 0 Å². The lowest BCUT2D eigenvalue weighted by Gasteiger charge is -2.52. The van der Waals surface area contributed by atoms with Crippen LogP contribution in [0.2, 0.25) is 0 Å². The Hall–Kier alpha value is -0.390. The maximum atomic E-state index is 5.59. The van der Waals surface area contributed by atoms with Crippen LogP contribution in [0.1, 0.15) is 45.2 Å². The van der Waals surface area contributed by atoms with Gasteiger partial charge in [0.25, 0.3) is 0 Å². The van der Waals surface area contributed by atoms with E-state index in [1.54, 1.807) is 0 Å². The van der Waals surface area contributed by atoms with Gasteiger partial charge >= 0.3 is 0 Å². The predicted octanol–water partition coefficient (Wildman–Crippen LogP) is 3.63. The van der Waals surface area contributed by atoms with Crippen LogP contribution < -0.4 is 0 Å². The SMILES string of the molecule is Cc1c(Br)cnn1CC1(N2CCOCC2)CCCC(C)(C)C1. The first-order chi connectivity index (χ1) is 10.4. The predicted molar refractivity (Wildman–Crippen MR) is 92.0 cm³/mol. The maximum absolute atomic E-state index is 5.59. The zero-order valence-electron chi connectivity index (χ0n) is 14.1. The number of aromatic nitrogens is 2. The molecule has 2 heterocycles. The van der Waals surface area contributed by atoms with Crippen LogP contribution in [-0.4, -0.2) is 46.5 Å². The Morgan fingerprint density at radius 3 is 2.59 bits per heavy atom. The molecule has 1 aliphatic heterocycles. The molecule has 0 amide bonds. The zero-order valence-corrected chi connectivity index (χ0v) is 15.7. The van der Waals surface area contributed by atoms with E-state index in [1.807, 2.05) is 6.20 Å². The first-order valence-electron chi connectivity index (χ1n) is 8.43. The molecule has 1 aromatic heterocycles. The summed E-state index contributed by atoms with van der Waals surface area (Å²) in [5.41, 5.74) is 1.87.